The van der Waals surface area contributed by atoms with Gasteiger partial charge in [-0.1, -0.05) is 41.4 Å². The molecule has 1 aliphatic rings. The number of phenolic OH excluding ortho intramolecular Hbond substituents is 1. The van der Waals surface area contributed by atoms with Crippen LogP contribution in [0.2, 0.25) is 10.0 Å². The minimum atomic E-state index is -0.512. The maximum atomic E-state index is 9.67. The minimum Gasteiger partial charge on any atom is -0.508 e. The van der Waals surface area contributed by atoms with Crippen LogP contribution >= 0.6 is 23.2 Å². The zero-order chi connectivity index (χ0) is 19.1. The van der Waals surface area contributed by atoms with Crippen LogP contribution in [0.25, 0.3) is 11.3 Å². The van der Waals surface area contributed by atoms with Crippen LogP contribution < -0.4 is 10.5 Å². The van der Waals surface area contributed by atoms with Gasteiger partial charge in [0.15, 0.2) is 0 Å². The summed E-state index contributed by atoms with van der Waals surface area (Å²) in [5.41, 5.74) is 9.01. The Hall–Kier alpha value is -3.14. The second kappa shape index (κ2) is 6.54. The molecule has 0 amide bonds. The maximum absolute atomic E-state index is 9.67. The number of halogens is 2. The number of aromatic nitrogens is 2. The van der Waals surface area contributed by atoms with E-state index in [0.717, 1.165) is 11.1 Å². The summed E-state index contributed by atoms with van der Waals surface area (Å²) in [6, 6.07) is 13.9. The molecule has 1 aromatic heterocycles. The number of fused-ring (bicyclic) bond motifs is 1. The number of H-pyrrole nitrogens is 1. The molecular formula is C19H12Cl2N4O2. The molecule has 0 spiro atoms. The van der Waals surface area contributed by atoms with Gasteiger partial charge in [-0.3, -0.25) is 5.10 Å². The Bertz CT molecular complexity index is 1110. The van der Waals surface area contributed by atoms with E-state index in [1.165, 1.54) is 0 Å². The van der Waals surface area contributed by atoms with Crippen LogP contribution in [0.5, 0.6) is 11.6 Å². The van der Waals surface area contributed by atoms with Gasteiger partial charge in [0, 0.05) is 5.56 Å². The van der Waals surface area contributed by atoms with Crippen LogP contribution in [0.15, 0.2) is 53.9 Å². The molecule has 0 unspecified atom stereocenters. The zero-order valence-corrected chi connectivity index (χ0v) is 15.2. The lowest BCUT2D eigenvalue weighted by atomic mass is 9.83. The van der Waals surface area contributed by atoms with Crippen molar-refractivity contribution in [1.29, 1.82) is 5.26 Å². The van der Waals surface area contributed by atoms with Gasteiger partial charge < -0.3 is 15.6 Å². The molecule has 2 heterocycles. The molecule has 27 heavy (non-hydrogen) atoms. The van der Waals surface area contributed by atoms with Crippen LogP contribution in [-0.2, 0) is 0 Å². The number of rotatable bonds is 2. The molecule has 0 fully saturated rings. The fourth-order valence-corrected chi connectivity index (χ4v) is 3.41. The zero-order valence-electron chi connectivity index (χ0n) is 13.7. The average molecular weight is 399 g/mol. The van der Waals surface area contributed by atoms with Gasteiger partial charge in [-0.2, -0.15) is 5.26 Å². The van der Waals surface area contributed by atoms with Crippen LogP contribution in [0.4, 0.5) is 0 Å². The lowest BCUT2D eigenvalue weighted by molar-refractivity contribution is 0.379. The largest absolute Gasteiger partial charge is 0.508 e. The highest BCUT2D eigenvalue weighted by Crippen LogP contribution is 2.46. The second-order valence-corrected chi connectivity index (χ2v) is 6.78. The van der Waals surface area contributed by atoms with Crippen molar-refractivity contribution >= 4 is 23.2 Å². The number of aromatic amines is 1. The van der Waals surface area contributed by atoms with Crippen molar-refractivity contribution < 1.29 is 9.84 Å². The predicted molar refractivity (Wildman–Crippen MR) is 101 cm³/mol. The highest BCUT2D eigenvalue weighted by molar-refractivity contribution is 6.42. The van der Waals surface area contributed by atoms with Crippen molar-refractivity contribution in [2.75, 3.05) is 0 Å². The summed E-state index contributed by atoms with van der Waals surface area (Å²) in [7, 11) is 0. The Labute approximate surface area is 164 Å². The van der Waals surface area contributed by atoms with E-state index in [1.807, 2.05) is 0 Å². The third kappa shape index (κ3) is 2.87. The Kier molecular flexibility index (Phi) is 4.19. The van der Waals surface area contributed by atoms with Gasteiger partial charge in [0.1, 0.15) is 17.4 Å². The van der Waals surface area contributed by atoms with Crippen molar-refractivity contribution in [3.05, 3.63) is 75.1 Å². The third-order valence-electron chi connectivity index (χ3n) is 4.37. The van der Waals surface area contributed by atoms with Gasteiger partial charge in [-0.05, 0) is 29.8 Å². The molecular weight excluding hydrogens is 387 g/mol. The molecule has 3 aromatic rings. The molecule has 4 rings (SSSR count). The number of nitriles is 1. The summed E-state index contributed by atoms with van der Waals surface area (Å²) in [4.78, 5) is 0. The Morgan fingerprint density at radius 3 is 2.56 bits per heavy atom. The summed E-state index contributed by atoms with van der Waals surface area (Å²) in [6.45, 7) is 0. The number of nitrogens with one attached hydrogen (secondary N) is 1. The van der Waals surface area contributed by atoms with E-state index < -0.39 is 5.92 Å². The van der Waals surface area contributed by atoms with E-state index in [-0.39, 0.29) is 23.1 Å². The number of benzene rings is 2. The topological polar surface area (TPSA) is 108 Å². The monoisotopic (exact) mass is 398 g/mol. The fraction of sp³-hybridized carbons (Fsp3) is 0.0526. The van der Waals surface area contributed by atoms with E-state index in [9.17, 15) is 10.4 Å². The average Bonchev–Trinajstić information content (AvgIpc) is 3.07. The Morgan fingerprint density at radius 1 is 1.15 bits per heavy atom. The molecule has 4 N–H and O–H groups in total. The molecule has 1 atom stereocenters. The highest BCUT2D eigenvalue weighted by Gasteiger charge is 2.35. The van der Waals surface area contributed by atoms with Crippen molar-refractivity contribution in [3.8, 4) is 29.0 Å². The molecule has 0 saturated heterocycles. The van der Waals surface area contributed by atoms with Gasteiger partial charge in [0.2, 0.25) is 11.8 Å². The number of nitrogens with two attached hydrogens (primary N) is 1. The third-order valence-corrected chi connectivity index (χ3v) is 5.11. The van der Waals surface area contributed by atoms with Gasteiger partial charge in [-0.25, -0.2) is 0 Å². The number of ether oxygens (including phenoxy) is 1. The highest BCUT2D eigenvalue weighted by atomic mass is 35.5. The standard InChI is InChI=1S/C19H12Cl2N4O2/c20-13-6-3-10(7-14(13)21)17-16-15(9-1-4-11(26)5-2-9)12(8-22)18(23)27-19(16)25-24-17/h1-7,15,26H,23H2,(H,24,25)/t15-/m0/s1. The van der Waals surface area contributed by atoms with Crippen LogP contribution in [0.1, 0.15) is 17.0 Å². The van der Waals surface area contributed by atoms with E-state index in [0.29, 0.717) is 21.3 Å². The van der Waals surface area contributed by atoms with Crippen LogP contribution in [-0.4, -0.2) is 15.3 Å². The molecule has 0 saturated carbocycles. The van der Waals surface area contributed by atoms with E-state index in [2.05, 4.69) is 16.3 Å². The number of allylic oxidation sites excluding steroid dienone is 1. The van der Waals surface area contributed by atoms with Crippen molar-refractivity contribution in [2.24, 2.45) is 5.73 Å². The van der Waals surface area contributed by atoms with E-state index >= 15 is 0 Å². The van der Waals surface area contributed by atoms with E-state index in [1.54, 1.807) is 42.5 Å². The molecule has 8 heteroatoms. The fourth-order valence-electron chi connectivity index (χ4n) is 3.12. The quantitative estimate of drug-likeness (QED) is 0.595. The summed E-state index contributed by atoms with van der Waals surface area (Å²) in [5.74, 6) is -0.109. The molecule has 2 aromatic carbocycles. The first-order valence-corrected chi connectivity index (χ1v) is 8.65. The normalized spacial score (nSPS) is 15.8. The first kappa shape index (κ1) is 17.3. The Balaban J connectivity index is 1.94. The first-order valence-electron chi connectivity index (χ1n) is 7.89. The summed E-state index contributed by atoms with van der Waals surface area (Å²) in [5, 5.41) is 27.2. The van der Waals surface area contributed by atoms with Crippen LogP contribution in [0.3, 0.4) is 0 Å². The number of aromatic hydroxyl groups is 1. The lowest BCUT2D eigenvalue weighted by Crippen LogP contribution is -2.20. The molecule has 0 bridgehead atoms. The van der Waals surface area contributed by atoms with Gasteiger partial charge in [0.05, 0.1) is 27.2 Å². The smallest absolute Gasteiger partial charge is 0.244 e. The number of phenols is 1. The van der Waals surface area contributed by atoms with Gasteiger partial charge in [0.25, 0.3) is 0 Å². The number of nitrogens with zero attached hydrogens (tertiary/aromatic N) is 2. The summed E-state index contributed by atoms with van der Waals surface area (Å²) >= 11 is 12.2. The first-order chi connectivity index (χ1) is 13.0. The van der Waals surface area contributed by atoms with Gasteiger partial charge in [-0.15, -0.1) is 5.10 Å². The molecule has 0 radical (unpaired) electrons. The molecule has 6 nitrogen and oxygen atoms in total. The van der Waals surface area contributed by atoms with Crippen molar-refractivity contribution in [3.63, 3.8) is 0 Å². The van der Waals surface area contributed by atoms with Crippen molar-refractivity contribution in [1.82, 2.24) is 10.2 Å². The molecule has 0 aliphatic carbocycles. The maximum Gasteiger partial charge on any atom is 0.244 e. The predicted octanol–water partition coefficient (Wildman–Crippen LogP) is 4.31. The van der Waals surface area contributed by atoms with E-state index in [4.69, 9.17) is 33.7 Å². The van der Waals surface area contributed by atoms with Gasteiger partial charge >= 0.3 is 0 Å². The summed E-state index contributed by atoms with van der Waals surface area (Å²) < 4.78 is 5.55. The van der Waals surface area contributed by atoms with Crippen LogP contribution in [0, 0.1) is 11.3 Å². The molecule has 134 valence electrons. The summed E-state index contributed by atoms with van der Waals surface area (Å²) in [6.07, 6.45) is 0. The SMILES string of the molecule is N#CC1=C(N)Oc2n[nH]c(-c3ccc(Cl)c(Cl)c3)c2[C@H]1c1ccc(O)cc1. The number of hydrogen-bond acceptors (Lipinski definition) is 5. The number of hydrogen-bond donors (Lipinski definition) is 3. The minimum absolute atomic E-state index is 0.00439. The second-order valence-electron chi connectivity index (χ2n) is 5.96. The lowest BCUT2D eigenvalue weighted by Gasteiger charge is -2.24. The van der Waals surface area contributed by atoms with Crippen molar-refractivity contribution in [2.45, 2.75) is 5.92 Å². The Morgan fingerprint density at radius 2 is 1.89 bits per heavy atom. The molecule has 1 aliphatic heterocycles.